The second kappa shape index (κ2) is 7.65. The lowest BCUT2D eigenvalue weighted by Crippen LogP contribution is -2.38. The third-order valence-electron chi connectivity index (χ3n) is 5.52. The second-order valence-corrected chi connectivity index (χ2v) is 7.73. The van der Waals surface area contributed by atoms with E-state index >= 15 is 0 Å². The standard InChI is InChI=1S/C22H21F3N4O2/c1-13-4-5-15-16(11-13)27-20(22(23,24)25)18-19(15)29(8-6-14-12-26-7-10-30-14)21(28-18)17-3-2-9-31-17/h2-5,9,11,14,26H,6-8,10,12H2,1H3. The molecular formula is C22H21F3N4O2. The van der Waals surface area contributed by atoms with Gasteiger partial charge in [0.2, 0.25) is 0 Å². The molecule has 162 valence electrons. The van der Waals surface area contributed by atoms with E-state index in [1.165, 1.54) is 6.26 Å². The van der Waals surface area contributed by atoms with Crippen LogP contribution < -0.4 is 5.32 Å². The van der Waals surface area contributed by atoms with Gasteiger partial charge in [-0.3, -0.25) is 0 Å². The SMILES string of the molecule is Cc1ccc2c(c1)nc(C(F)(F)F)c1nc(-c3ccco3)n(CCC3CNCCO3)c12. The highest BCUT2D eigenvalue weighted by molar-refractivity contribution is 6.05. The summed E-state index contributed by atoms with van der Waals surface area (Å²) < 4.78 is 54.9. The first kappa shape index (κ1) is 20.0. The van der Waals surface area contributed by atoms with Gasteiger partial charge in [-0.25, -0.2) is 9.97 Å². The summed E-state index contributed by atoms with van der Waals surface area (Å²) in [6.07, 6.45) is -2.54. The summed E-state index contributed by atoms with van der Waals surface area (Å²) in [6, 6.07) is 8.74. The second-order valence-electron chi connectivity index (χ2n) is 7.73. The summed E-state index contributed by atoms with van der Waals surface area (Å²) in [6.45, 7) is 4.39. The van der Waals surface area contributed by atoms with E-state index in [-0.39, 0.29) is 11.6 Å². The normalized spacial score (nSPS) is 17.6. The fourth-order valence-corrected chi connectivity index (χ4v) is 4.09. The topological polar surface area (TPSA) is 65.1 Å². The van der Waals surface area contributed by atoms with E-state index in [0.717, 1.165) is 12.1 Å². The molecule has 1 atom stereocenters. The monoisotopic (exact) mass is 430 g/mol. The van der Waals surface area contributed by atoms with Crippen molar-refractivity contribution in [3.05, 3.63) is 47.9 Å². The molecule has 1 saturated heterocycles. The van der Waals surface area contributed by atoms with Gasteiger partial charge >= 0.3 is 6.18 Å². The molecule has 1 fully saturated rings. The Balaban J connectivity index is 1.75. The number of ether oxygens (including phenoxy) is 1. The number of furan rings is 1. The first-order valence-electron chi connectivity index (χ1n) is 10.2. The molecule has 1 N–H and O–H groups in total. The number of fused-ring (bicyclic) bond motifs is 3. The minimum atomic E-state index is -4.63. The van der Waals surface area contributed by atoms with Crippen LogP contribution in [0.4, 0.5) is 13.2 Å². The highest BCUT2D eigenvalue weighted by Crippen LogP contribution is 2.38. The number of hydrogen-bond donors (Lipinski definition) is 1. The van der Waals surface area contributed by atoms with Crippen molar-refractivity contribution in [1.29, 1.82) is 0 Å². The number of alkyl halides is 3. The minimum absolute atomic E-state index is 0.0203. The van der Waals surface area contributed by atoms with Crippen molar-refractivity contribution in [1.82, 2.24) is 19.9 Å². The van der Waals surface area contributed by atoms with E-state index in [2.05, 4.69) is 15.3 Å². The highest BCUT2D eigenvalue weighted by Gasteiger charge is 2.38. The molecule has 31 heavy (non-hydrogen) atoms. The van der Waals surface area contributed by atoms with Crippen molar-refractivity contribution < 1.29 is 22.3 Å². The first-order chi connectivity index (χ1) is 14.9. The number of halogens is 3. The number of imidazole rings is 1. The molecule has 0 saturated carbocycles. The molecule has 1 unspecified atom stereocenters. The van der Waals surface area contributed by atoms with Crippen LogP contribution in [0.15, 0.2) is 41.0 Å². The molecule has 0 amide bonds. The van der Waals surface area contributed by atoms with Crippen LogP contribution in [0.3, 0.4) is 0 Å². The van der Waals surface area contributed by atoms with Crippen molar-refractivity contribution >= 4 is 21.9 Å². The quantitative estimate of drug-likeness (QED) is 0.515. The lowest BCUT2D eigenvalue weighted by atomic mass is 10.1. The average Bonchev–Trinajstić information content (AvgIpc) is 3.39. The number of pyridine rings is 1. The zero-order valence-corrected chi connectivity index (χ0v) is 16.9. The Morgan fingerprint density at radius 2 is 2.10 bits per heavy atom. The van der Waals surface area contributed by atoms with Gasteiger partial charge in [0.1, 0.15) is 5.52 Å². The predicted molar refractivity (Wildman–Crippen MR) is 110 cm³/mol. The first-order valence-corrected chi connectivity index (χ1v) is 10.2. The third kappa shape index (κ3) is 3.68. The van der Waals surface area contributed by atoms with Crippen molar-refractivity contribution in [2.24, 2.45) is 0 Å². The molecule has 4 heterocycles. The van der Waals surface area contributed by atoms with E-state index in [9.17, 15) is 13.2 Å². The van der Waals surface area contributed by atoms with Crippen LogP contribution in [0.1, 0.15) is 17.7 Å². The van der Waals surface area contributed by atoms with Crippen LogP contribution in [0.2, 0.25) is 0 Å². The minimum Gasteiger partial charge on any atom is -0.461 e. The maximum Gasteiger partial charge on any atom is 0.435 e. The lowest BCUT2D eigenvalue weighted by molar-refractivity contribution is -0.139. The molecule has 0 spiro atoms. The van der Waals surface area contributed by atoms with Gasteiger partial charge < -0.3 is 19.0 Å². The van der Waals surface area contributed by atoms with E-state index in [1.54, 1.807) is 22.8 Å². The molecule has 1 aliphatic rings. The summed E-state index contributed by atoms with van der Waals surface area (Å²) in [7, 11) is 0. The predicted octanol–water partition coefficient (Wildman–Crippen LogP) is 4.55. The van der Waals surface area contributed by atoms with Crippen molar-refractivity contribution in [3.63, 3.8) is 0 Å². The molecule has 1 aromatic carbocycles. The molecule has 3 aromatic heterocycles. The largest absolute Gasteiger partial charge is 0.461 e. The van der Waals surface area contributed by atoms with Gasteiger partial charge in [0.15, 0.2) is 17.3 Å². The number of benzene rings is 1. The van der Waals surface area contributed by atoms with Crippen LogP contribution >= 0.6 is 0 Å². The summed E-state index contributed by atoms with van der Waals surface area (Å²) in [5.74, 6) is 0.761. The number of nitrogens with one attached hydrogen (secondary N) is 1. The Morgan fingerprint density at radius 3 is 2.81 bits per heavy atom. The summed E-state index contributed by atoms with van der Waals surface area (Å²) in [5.41, 5.74) is 0.391. The zero-order chi connectivity index (χ0) is 21.6. The maximum atomic E-state index is 13.9. The Bertz CT molecular complexity index is 1230. The maximum absolute atomic E-state index is 13.9. The van der Waals surface area contributed by atoms with Gasteiger partial charge in [0, 0.05) is 25.0 Å². The molecule has 9 heteroatoms. The fourth-order valence-electron chi connectivity index (χ4n) is 4.09. The van der Waals surface area contributed by atoms with E-state index in [0.29, 0.717) is 54.1 Å². The van der Waals surface area contributed by atoms with Gasteiger partial charge in [-0.2, -0.15) is 13.2 Å². The number of aromatic nitrogens is 3. The molecule has 1 aliphatic heterocycles. The Morgan fingerprint density at radius 1 is 1.23 bits per heavy atom. The van der Waals surface area contributed by atoms with Gasteiger partial charge in [0.25, 0.3) is 0 Å². The van der Waals surface area contributed by atoms with Crippen LogP contribution in [-0.2, 0) is 17.5 Å². The summed E-state index contributed by atoms with van der Waals surface area (Å²) in [4.78, 5) is 8.34. The van der Waals surface area contributed by atoms with Crippen LogP contribution in [-0.4, -0.2) is 40.3 Å². The van der Waals surface area contributed by atoms with Gasteiger partial charge in [-0.05, 0) is 37.1 Å². The van der Waals surface area contributed by atoms with Crippen molar-refractivity contribution in [3.8, 4) is 11.6 Å². The Labute approximate surface area is 176 Å². The average molecular weight is 430 g/mol. The fraction of sp³-hybridized carbons (Fsp3) is 0.364. The van der Waals surface area contributed by atoms with Gasteiger partial charge in [-0.1, -0.05) is 12.1 Å². The van der Waals surface area contributed by atoms with E-state index in [4.69, 9.17) is 9.15 Å². The zero-order valence-electron chi connectivity index (χ0n) is 16.9. The van der Waals surface area contributed by atoms with Crippen LogP contribution in [0.25, 0.3) is 33.5 Å². The number of rotatable bonds is 4. The molecular weight excluding hydrogens is 409 g/mol. The van der Waals surface area contributed by atoms with Gasteiger partial charge in [0.05, 0.1) is 30.0 Å². The van der Waals surface area contributed by atoms with Crippen molar-refractivity contribution in [2.45, 2.75) is 32.2 Å². The Kier molecular flexibility index (Phi) is 4.94. The summed E-state index contributed by atoms with van der Waals surface area (Å²) in [5, 5.41) is 3.91. The smallest absolute Gasteiger partial charge is 0.435 e. The van der Waals surface area contributed by atoms with Crippen molar-refractivity contribution in [2.75, 3.05) is 19.7 Å². The molecule has 6 nitrogen and oxygen atoms in total. The van der Waals surface area contributed by atoms with Crippen LogP contribution in [0.5, 0.6) is 0 Å². The molecule has 5 rings (SSSR count). The number of nitrogens with zero attached hydrogens (tertiary/aromatic N) is 3. The summed E-state index contributed by atoms with van der Waals surface area (Å²) >= 11 is 0. The number of aryl methyl sites for hydroxylation is 2. The van der Waals surface area contributed by atoms with Crippen LogP contribution in [0, 0.1) is 6.92 Å². The number of morpholine rings is 1. The Hall–Kier alpha value is -2.91. The van der Waals surface area contributed by atoms with Gasteiger partial charge in [-0.15, -0.1) is 0 Å². The third-order valence-corrected chi connectivity index (χ3v) is 5.52. The van der Waals surface area contributed by atoms with E-state index in [1.807, 2.05) is 19.1 Å². The number of hydrogen-bond acceptors (Lipinski definition) is 5. The highest BCUT2D eigenvalue weighted by atomic mass is 19.4. The lowest BCUT2D eigenvalue weighted by Gasteiger charge is -2.24. The van der Waals surface area contributed by atoms with E-state index < -0.39 is 11.9 Å². The molecule has 4 aromatic rings. The molecule has 0 radical (unpaired) electrons. The molecule has 0 bridgehead atoms. The molecule has 0 aliphatic carbocycles.